The number of aliphatic hydroxyl groups excluding tert-OH is 1. The van der Waals surface area contributed by atoms with E-state index in [-0.39, 0.29) is 12.3 Å². The fraction of sp³-hybridized carbons (Fsp3) is 0.417. The van der Waals surface area contributed by atoms with Crippen LogP contribution in [0.25, 0.3) is 0 Å². The first-order chi connectivity index (χ1) is 8.04. The molecule has 1 aromatic rings. The van der Waals surface area contributed by atoms with Crippen molar-refractivity contribution in [3.05, 3.63) is 28.8 Å². The lowest BCUT2D eigenvalue weighted by molar-refractivity contribution is -0.121. The molecule has 4 nitrogen and oxygen atoms in total. The number of carbonyl (C=O) groups is 1. The van der Waals surface area contributed by atoms with E-state index in [9.17, 15) is 9.90 Å². The van der Waals surface area contributed by atoms with Gasteiger partial charge < -0.3 is 16.2 Å². The second kappa shape index (κ2) is 6.47. The van der Waals surface area contributed by atoms with Crippen molar-refractivity contribution in [3.63, 3.8) is 0 Å². The zero-order valence-electron chi connectivity index (χ0n) is 9.74. The van der Waals surface area contributed by atoms with Gasteiger partial charge in [-0.2, -0.15) is 0 Å². The van der Waals surface area contributed by atoms with Gasteiger partial charge in [-0.1, -0.05) is 17.7 Å². The molecule has 0 saturated heterocycles. The van der Waals surface area contributed by atoms with Crippen molar-refractivity contribution in [1.29, 1.82) is 0 Å². The predicted molar refractivity (Wildman–Crippen MR) is 68.7 cm³/mol. The van der Waals surface area contributed by atoms with Crippen LogP contribution in [0, 0.1) is 0 Å². The fourth-order valence-corrected chi connectivity index (χ4v) is 1.61. The van der Waals surface area contributed by atoms with E-state index < -0.39 is 6.10 Å². The average molecular weight is 257 g/mol. The van der Waals surface area contributed by atoms with Gasteiger partial charge in [0.1, 0.15) is 0 Å². The number of rotatable bonds is 5. The van der Waals surface area contributed by atoms with Crippen molar-refractivity contribution >= 4 is 23.2 Å². The standard InChI is InChI=1S/C12H17ClN2O2/c1-2-15-12(17)6-5-11(16)8-3-4-9(13)10(14)7-8/h3-4,7,11,16H,2,5-6,14H2,1H3,(H,15,17). The van der Waals surface area contributed by atoms with E-state index in [4.69, 9.17) is 17.3 Å². The number of aliphatic hydroxyl groups is 1. The molecule has 0 radical (unpaired) electrons. The van der Waals surface area contributed by atoms with Gasteiger partial charge in [0.15, 0.2) is 0 Å². The Hall–Kier alpha value is -1.26. The third-order valence-corrected chi connectivity index (χ3v) is 2.77. The maximum Gasteiger partial charge on any atom is 0.220 e. The molecular formula is C12H17ClN2O2. The number of amides is 1. The molecule has 0 aliphatic heterocycles. The first-order valence-corrected chi connectivity index (χ1v) is 5.92. The Morgan fingerprint density at radius 1 is 1.59 bits per heavy atom. The van der Waals surface area contributed by atoms with E-state index in [0.29, 0.717) is 29.2 Å². The van der Waals surface area contributed by atoms with Crippen LogP contribution in [0.3, 0.4) is 0 Å². The van der Waals surface area contributed by atoms with Gasteiger partial charge in [0, 0.05) is 13.0 Å². The van der Waals surface area contributed by atoms with Crippen molar-refractivity contribution in [3.8, 4) is 0 Å². The highest BCUT2D eigenvalue weighted by molar-refractivity contribution is 6.33. The summed E-state index contributed by atoms with van der Waals surface area (Å²) in [5, 5.41) is 13.0. The number of hydrogen-bond donors (Lipinski definition) is 3. The molecule has 1 unspecified atom stereocenters. The smallest absolute Gasteiger partial charge is 0.220 e. The largest absolute Gasteiger partial charge is 0.398 e. The molecule has 1 aromatic carbocycles. The minimum Gasteiger partial charge on any atom is -0.398 e. The number of benzene rings is 1. The lowest BCUT2D eigenvalue weighted by Gasteiger charge is -2.11. The molecule has 1 rings (SSSR count). The van der Waals surface area contributed by atoms with Gasteiger partial charge in [-0.15, -0.1) is 0 Å². The summed E-state index contributed by atoms with van der Waals surface area (Å²) in [6.07, 6.45) is -0.0399. The Labute approximate surface area is 106 Å². The molecule has 0 saturated carbocycles. The number of halogens is 1. The van der Waals surface area contributed by atoms with Crippen molar-refractivity contribution in [1.82, 2.24) is 5.32 Å². The molecule has 0 fully saturated rings. The first-order valence-electron chi connectivity index (χ1n) is 5.54. The number of nitrogens with two attached hydrogens (primary N) is 1. The molecule has 17 heavy (non-hydrogen) atoms. The molecule has 1 atom stereocenters. The summed E-state index contributed by atoms with van der Waals surface area (Å²) < 4.78 is 0. The summed E-state index contributed by atoms with van der Waals surface area (Å²) in [5.74, 6) is -0.0616. The van der Waals surface area contributed by atoms with E-state index in [1.165, 1.54) is 0 Å². The highest BCUT2D eigenvalue weighted by Gasteiger charge is 2.11. The zero-order chi connectivity index (χ0) is 12.8. The Bertz CT molecular complexity index is 396. The van der Waals surface area contributed by atoms with Gasteiger partial charge in [0.05, 0.1) is 16.8 Å². The fourth-order valence-electron chi connectivity index (χ4n) is 1.49. The van der Waals surface area contributed by atoms with Gasteiger partial charge in [0.25, 0.3) is 0 Å². The number of nitrogens with one attached hydrogen (secondary N) is 1. The van der Waals surface area contributed by atoms with Crippen LogP contribution in [0.2, 0.25) is 5.02 Å². The molecule has 0 bridgehead atoms. The summed E-state index contributed by atoms with van der Waals surface area (Å²) in [7, 11) is 0. The third-order valence-electron chi connectivity index (χ3n) is 2.42. The minimum absolute atomic E-state index is 0.0616. The van der Waals surface area contributed by atoms with Gasteiger partial charge >= 0.3 is 0 Å². The van der Waals surface area contributed by atoms with Crippen molar-refractivity contribution < 1.29 is 9.90 Å². The molecule has 4 N–H and O–H groups in total. The lowest BCUT2D eigenvalue weighted by atomic mass is 10.0. The Morgan fingerprint density at radius 3 is 2.88 bits per heavy atom. The molecule has 0 aliphatic carbocycles. The predicted octanol–water partition coefficient (Wildman–Crippen LogP) is 1.87. The summed E-state index contributed by atoms with van der Waals surface area (Å²) >= 11 is 5.78. The topological polar surface area (TPSA) is 75.3 Å². The van der Waals surface area contributed by atoms with Crippen molar-refractivity contribution in [2.24, 2.45) is 0 Å². The van der Waals surface area contributed by atoms with Crippen LogP contribution < -0.4 is 11.1 Å². The van der Waals surface area contributed by atoms with Crippen molar-refractivity contribution in [2.75, 3.05) is 12.3 Å². The molecule has 0 heterocycles. The van der Waals surface area contributed by atoms with E-state index in [1.807, 2.05) is 6.92 Å². The molecule has 5 heteroatoms. The Balaban J connectivity index is 2.54. The maximum atomic E-state index is 11.2. The van der Waals surface area contributed by atoms with Crippen LogP contribution in [0.1, 0.15) is 31.4 Å². The van der Waals surface area contributed by atoms with Crippen LogP contribution in [0.5, 0.6) is 0 Å². The number of anilines is 1. The lowest BCUT2D eigenvalue weighted by Crippen LogP contribution is -2.22. The van der Waals surface area contributed by atoms with Crippen LogP contribution in [-0.4, -0.2) is 17.6 Å². The normalized spacial score (nSPS) is 12.2. The van der Waals surface area contributed by atoms with Crippen LogP contribution in [-0.2, 0) is 4.79 Å². The zero-order valence-corrected chi connectivity index (χ0v) is 10.5. The molecule has 1 amide bonds. The maximum absolute atomic E-state index is 11.2. The highest BCUT2D eigenvalue weighted by Crippen LogP contribution is 2.25. The number of nitrogen functional groups attached to an aromatic ring is 1. The van der Waals surface area contributed by atoms with Gasteiger partial charge in [-0.05, 0) is 31.0 Å². The van der Waals surface area contributed by atoms with E-state index in [0.717, 1.165) is 0 Å². The number of hydrogen-bond acceptors (Lipinski definition) is 3. The monoisotopic (exact) mass is 256 g/mol. The molecule has 0 spiro atoms. The van der Waals surface area contributed by atoms with Gasteiger partial charge in [-0.3, -0.25) is 4.79 Å². The minimum atomic E-state index is -0.697. The van der Waals surface area contributed by atoms with Crippen molar-refractivity contribution in [2.45, 2.75) is 25.9 Å². The van der Waals surface area contributed by atoms with Gasteiger partial charge in [0.2, 0.25) is 5.91 Å². The second-order valence-electron chi connectivity index (χ2n) is 3.79. The molecule has 94 valence electrons. The number of carbonyl (C=O) groups excluding carboxylic acids is 1. The SMILES string of the molecule is CCNC(=O)CCC(O)c1ccc(Cl)c(N)c1. The van der Waals surface area contributed by atoms with E-state index >= 15 is 0 Å². The average Bonchev–Trinajstić information content (AvgIpc) is 2.30. The van der Waals surface area contributed by atoms with Crippen LogP contribution >= 0.6 is 11.6 Å². The quantitative estimate of drug-likeness (QED) is 0.704. The molecule has 0 aliphatic rings. The second-order valence-corrected chi connectivity index (χ2v) is 4.20. The summed E-state index contributed by atoms with van der Waals surface area (Å²) in [4.78, 5) is 11.2. The van der Waals surface area contributed by atoms with Gasteiger partial charge in [-0.25, -0.2) is 0 Å². The highest BCUT2D eigenvalue weighted by atomic mass is 35.5. The molecule has 0 aromatic heterocycles. The summed E-state index contributed by atoms with van der Waals surface area (Å²) in [5.41, 5.74) is 6.75. The van der Waals surface area contributed by atoms with E-state index in [1.54, 1.807) is 18.2 Å². The summed E-state index contributed by atoms with van der Waals surface area (Å²) in [6, 6.07) is 4.98. The van der Waals surface area contributed by atoms with Crippen LogP contribution in [0.15, 0.2) is 18.2 Å². The third kappa shape index (κ3) is 4.24. The first kappa shape index (κ1) is 13.8. The summed E-state index contributed by atoms with van der Waals surface area (Å²) in [6.45, 7) is 2.46. The Kier molecular flexibility index (Phi) is 5.25. The van der Waals surface area contributed by atoms with Crippen LogP contribution in [0.4, 0.5) is 5.69 Å². The Morgan fingerprint density at radius 2 is 2.29 bits per heavy atom. The van der Waals surface area contributed by atoms with E-state index in [2.05, 4.69) is 5.32 Å². The molecular weight excluding hydrogens is 240 g/mol.